The molecule has 0 aliphatic heterocycles. The van der Waals surface area contributed by atoms with Crippen molar-refractivity contribution in [2.45, 2.75) is 85.5 Å². The van der Waals surface area contributed by atoms with Crippen molar-refractivity contribution in [3.05, 3.63) is 166 Å². The molecule has 0 fully saturated rings. The van der Waals surface area contributed by atoms with Gasteiger partial charge in [-0.1, -0.05) is 156 Å². The molecule has 0 saturated heterocycles. The SMILES string of the molecule is CC.CC.CC1c2ccccc2Cc2ccccc21.c1ccc2c(c1)CCCC2.c1ccc2c(c1)CCc1ccccc1-2. The molecule has 0 nitrogen and oxygen atoms in total. The van der Waals surface area contributed by atoms with Gasteiger partial charge in [0.2, 0.25) is 0 Å². The summed E-state index contributed by atoms with van der Waals surface area (Å²) in [5, 5.41) is 0. The van der Waals surface area contributed by atoms with E-state index in [1.165, 1.54) is 83.0 Å². The first-order valence-corrected chi connectivity index (χ1v) is 16.7. The third-order valence-corrected chi connectivity index (χ3v) is 8.67. The number of hydrogen-bond acceptors (Lipinski definition) is 0. The van der Waals surface area contributed by atoms with E-state index in [0.717, 1.165) is 6.42 Å². The molecule has 222 valence electrons. The molecule has 5 aromatic rings. The predicted octanol–water partition coefficient (Wildman–Crippen LogP) is 11.8. The Morgan fingerprint density at radius 1 is 0.372 bits per heavy atom. The fourth-order valence-electron chi connectivity index (χ4n) is 6.56. The van der Waals surface area contributed by atoms with Crippen molar-refractivity contribution in [1.82, 2.24) is 0 Å². The summed E-state index contributed by atoms with van der Waals surface area (Å²) in [5.41, 5.74) is 15.0. The Bertz CT molecular complexity index is 1440. The van der Waals surface area contributed by atoms with E-state index in [1.807, 2.05) is 27.7 Å². The van der Waals surface area contributed by atoms with Gasteiger partial charge in [-0.25, -0.2) is 0 Å². The van der Waals surface area contributed by atoms with Crippen molar-refractivity contribution in [3.8, 4) is 11.1 Å². The van der Waals surface area contributed by atoms with Gasteiger partial charge in [0.25, 0.3) is 0 Å². The number of hydrogen-bond donors (Lipinski definition) is 0. The van der Waals surface area contributed by atoms with Gasteiger partial charge in [-0.15, -0.1) is 0 Å². The topological polar surface area (TPSA) is 0 Å². The van der Waals surface area contributed by atoms with Gasteiger partial charge in [-0.3, -0.25) is 0 Å². The van der Waals surface area contributed by atoms with Crippen LogP contribution in [-0.4, -0.2) is 0 Å². The molecule has 3 aliphatic rings. The molecule has 0 saturated carbocycles. The van der Waals surface area contributed by atoms with Crippen LogP contribution >= 0.6 is 0 Å². The molecule has 0 unspecified atom stereocenters. The van der Waals surface area contributed by atoms with Crippen molar-refractivity contribution in [2.24, 2.45) is 0 Å². The Kier molecular flexibility index (Phi) is 12.4. The first-order chi connectivity index (χ1) is 21.3. The lowest BCUT2D eigenvalue weighted by atomic mass is 9.79. The van der Waals surface area contributed by atoms with Gasteiger partial charge in [0.15, 0.2) is 0 Å². The molecule has 0 N–H and O–H groups in total. The van der Waals surface area contributed by atoms with Crippen LogP contribution in [0.3, 0.4) is 0 Å². The third-order valence-electron chi connectivity index (χ3n) is 8.67. The van der Waals surface area contributed by atoms with Crippen LogP contribution in [0.5, 0.6) is 0 Å². The first kappa shape index (κ1) is 32.0. The zero-order valence-electron chi connectivity index (χ0n) is 27.1. The van der Waals surface area contributed by atoms with Crippen molar-refractivity contribution in [1.29, 1.82) is 0 Å². The van der Waals surface area contributed by atoms with Gasteiger partial charge in [-0.05, 0) is 101 Å². The summed E-state index contributed by atoms with van der Waals surface area (Å²) in [6.45, 7) is 10.3. The van der Waals surface area contributed by atoms with Crippen LogP contribution in [0.1, 0.15) is 97.9 Å². The van der Waals surface area contributed by atoms with Gasteiger partial charge in [0.05, 0.1) is 0 Å². The monoisotopic (exact) mass is 566 g/mol. The van der Waals surface area contributed by atoms with E-state index in [4.69, 9.17) is 0 Å². The molecule has 0 bridgehead atoms. The molecule has 0 amide bonds. The van der Waals surface area contributed by atoms with Crippen LogP contribution in [0.25, 0.3) is 11.1 Å². The number of aryl methyl sites for hydroxylation is 4. The number of rotatable bonds is 0. The second-order valence-electron chi connectivity index (χ2n) is 11.1. The second-order valence-corrected chi connectivity index (χ2v) is 11.1. The molecule has 0 atom stereocenters. The Morgan fingerprint density at radius 2 is 0.698 bits per heavy atom. The fourth-order valence-corrected chi connectivity index (χ4v) is 6.56. The quantitative estimate of drug-likeness (QED) is 0.175. The van der Waals surface area contributed by atoms with Crippen LogP contribution in [0, 0.1) is 0 Å². The van der Waals surface area contributed by atoms with Crippen LogP contribution in [-0.2, 0) is 32.1 Å². The largest absolute Gasteiger partial charge is 0.0683 e. The molecule has 0 radical (unpaired) electrons. The predicted molar refractivity (Wildman–Crippen MR) is 188 cm³/mol. The van der Waals surface area contributed by atoms with E-state index in [1.54, 1.807) is 11.1 Å². The molecule has 3 aliphatic carbocycles. The van der Waals surface area contributed by atoms with Gasteiger partial charge < -0.3 is 0 Å². The maximum absolute atomic E-state index is 2.30. The first-order valence-electron chi connectivity index (χ1n) is 16.7. The Balaban J connectivity index is 0.000000142. The zero-order chi connectivity index (χ0) is 30.4. The molecule has 0 spiro atoms. The summed E-state index contributed by atoms with van der Waals surface area (Å²) >= 11 is 0. The standard InChI is InChI=1S/C15H14.C14H12.C10H12.2C2H6/c1-11-14-8-4-2-6-12(14)10-13-7-3-5-9-15(11)13;1-3-7-13-11(5-1)9-10-12-6-2-4-8-14(12)13;1-2-6-10-8-4-3-7-9(10)5-1;2*1-2/h2-9,11H,10H2,1H3;1-8H,9-10H2;1-2,5-6H,3-4,7-8H2;2*1-2H3. The summed E-state index contributed by atoms with van der Waals surface area (Å²) in [4.78, 5) is 0. The molecular weight excluding hydrogens is 516 g/mol. The highest BCUT2D eigenvalue weighted by Gasteiger charge is 2.20. The van der Waals surface area contributed by atoms with Crippen molar-refractivity contribution >= 4 is 0 Å². The van der Waals surface area contributed by atoms with Crippen LogP contribution in [0.2, 0.25) is 0 Å². The van der Waals surface area contributed by atoms with E-state index in [-0.39, 0.29) is 0 Å². The minimum atomic E-state index is 0.547. The lowest BCUT2D eigenvalue weighted by Gasteiger charge is -2.25. The average molecular weight is 567 g/mol. The van der Waals surface area contributed by atoms with E-state index < -0.39 is 0 Å². The van der Waals surface area contributed by atoms with Gasteiger partial charge >= 0.3 is 0 Å². The average Bonchev–Trinajstić information content (AvgIpc) is 3.11. The van der Waals surface area contributed by atoms with E-state index in [2.05, 4.69) is 128 Å². The fraction of sp³-hybridized carbons (Fsp3) is 0.302. The minimum Gasteiger partial charge on any atom is -0.0683 e. The zero-order valence-corrected chi connectivity index (χ0v) is 27.1. The lowest BCUT2D eigenvalue weighted by molar-refractivity contribution is 0.685. The molecular formula is C43H50. The highest BCUT2D eigenvalue weighted by molar-refractivity contribution is 5.72. The van der Waals surface area contributed by atoms with E-state index >= 15 is 0 Å². The van der Waals surface area contributed by atoms with Gasteiger partial charge in [-0.2, -0.15) is 0 Å². The van der Waals surface area contributed by atoms with Crippen LogP contribution < -0.4 is 0 Å². The third kappa shape index (κ3) is 7.94. The normalized spacial score (nSPS) is 13.4. The number of benzene rings is 5. The minimum absolute atomic E-state index is 0.547. The molecule has 43 heavy (non-hydrogen) atoms. The number of fused-ring (bicyclic) bond motifs is 6. The maximum atomic E-state index is 2.30. The van der Waals surface area contributed by atoms with Crippen LogP contribution in [0.4, 0.5) is 0 Å². The Morgan fingerprint density at radius 3 is 1.12 bits per heavy atom. The lowest BCUT2D eigenvalue weighted by Crippen LogP contribution is -2.10. The van der Waals surface area contributed by atoms with E-state index in [0.29, 0.717) is 5.92 Å². The van der Waals surface area contributed by atoms with Gasteiger partial charge in [0, 0.05) is 5.92 Å². The summed E-state index contributed by atoms with van der Waals surface area (Å²) in [5.74, 6) is 0.547. The highest BCUT2D eigenvalue weighted by Crippen LogP contribution is 2.36. The molecule has 8 rings (SSSR count). The molecule has 0 aromatic heterocycles. The summed E-state index contributed by atoms with van der Waals surface area (Å²) in [7, 11) is 0. The molecule has 0 heterocycles. The van der Waals surface area contributed by atoms with Crippen molar-refractivity contribution < 1.29 is 0 Å². The highest BCUT2D eigenvalue weighted by atomic mass is 14.2. The second kappa shape index (κ2) is 16.7. The molecule has 5 aromatic carbocycles. The van der Waals surface area contributed by atoms with E-state index in [9.17, 15) is 0 Å². The Labute approximate surface area is 261 Å². The van der Waals surface area contributed by atoms with Crippen molar-refractivity contribution in [3.63, 3.8) is 0 Å². The maximum Gasteiger partial charge on any atom is 0.00666 e. The Hall–Kier alpha value is -3.90. The summed E-state index contributed by atoms with van der Waals surface area (Å²) in [6.07, 6.45) is 8.84. The van der Waals surface area contributed by atoms with Crippen LogP contribution in [0.15, 0.2) is 121 Å². The summed E-state index contributed by atoms with van der Waals surface area (Å²) in [6, 6.07) is 43.8. The van der Waals surface area contributed by atoms with Crippen molar-refractivity contribution in [2.75, 3.05) is 0 Å². The smallest absolute Gasteiger partial charge is 0.00666 e. The molecule has 0 heteroatoms. The summed E-state index contributed by atoms with van der Waals surface area (Å²) < 4.78 is 0. The van der Waals surface area contributed by atoms with Gasteiger partial charge in [0.1, 0.15) is 0 Å².